The molecule has 0 atom stereocenters. The van der Waals surface area contributed by atoms with E-state index in [1.165, 1.54) is 41.3 Å². The van der Waals surface area contributed by atoms with Crippen LogP contribution in [0.3, 0.4) is 0 Å². The van der Waals surface area contributed by atoms with Crippen molar-refractivity contribution in [2.75, 3.05) is 11.9 Å². The maximum absolute atomic E-state index is 12.6. The number of nitrogens with zero attached hydrogens (tertiary/aromatic N) is 4. The van der Waals surface area contributed by atoms with Crippen LogP contribution in [0, 0.1) is 6.92 Å². The largest absolute Gasteiger partial charge is 0.332 e. The van der Waals surface area contributed by atoms with Crippen molar-refractivity contribution in [2.24, 2.45) is 0 Å². The number of anilines is 1. The molecule has 1 aliphatic rings. The van der Waals surface area contributed by atoms with E-state index >= 15 is 0 Å². The zero-order chi connectivity index (χ0) is 18.1. The fourth-order valence-corrected chi connectivity index (χ4v) is 4.58. The van der Waals surface area contributed by atoms with Crippen LogP contribution >= 0.6 is 22.7 Å². The van der Waals surface area contributed by atoms with Crippen LogP contribution in [0.5, 0.6) is 0 Å². The minimum Gasteiger partial charge on any atom is -0.332 e. The lowest BCUT2D eigenvalue weighted by Crippen LogP contribution is -2.35. The molecule has 4 rings (SSSR count). The third kappa shape index (κ3) is 3.35. The van der Waals surface area contributed by atoms with Crippen LogP contribution in [0.15, 0.2) is 30.0 Å². The first kappa shape index (κ1) is 16.8. The number of hydrogen-bond acceptors (Lipinski definition) is 7. The summed E-state index contributed by atoms with van der Waals surface area (Å²) in [7, 11) is 0. The van der Waals surface area contributed by atoms with Gasteiger partial charge in [0, 0.05) is 30.2 Å². The fraction of sp³-hybridized carbons (Fsp3) is 0.235. The van der Waals surface area contributed by atoms with Crippen molar-refractivity contribution < 1.29 is 9.59 Å². The Morgan fingerprint density at radius 1 is 1.31 bits per heavy atom. The van der Waals surface area contributed by atoms with Crippen molar-refractivity contribution in [3.8, 4) is 0 Å². The number of rotatable bonds is 3. The second kappa shape index (κ2) is 6.93. The molecule has 0 aromatic carbocycles. The number of nitrogens with one attached hydrogen (secondary N) is 1. The number of aromatic nitrogens is 3. The highest BCUT2D eigenvalue weighted by molar-refractivity contribution is 7.16. The third-order valence-electron chi connectivity index (χ3n) is 3.98. The van der Waals surface area contributed by atoms with Crippen LogP contribution < -0.4 is 5.32 Å². The molecule has 26 heavy (non-hydrogen) atoms. The average Bonchev–Trinajstić information content (AvgIpc) is 3.26. The molecule has 7 nitrogen and oxygen atoms in total. The van der Waals surface area contributed by atoms with Gasteiger partial charge in [-0.05, 0) is 23.9 Å². The maximum Gasteiger partial charge on any atom is 0.277 e. The lowest BCUT2D eigenvalue weighted by atomic mass is 10.1. The Balaban J connectivity index is 1.47. The van der Waals surface area contributed by atoms with Gasteiger partial charge < -0.3 is 4.90 Å². The number of thiophene rings is 1. The van der Waals surface area contributed by atoms with E-state index in [4.69, 9.17) is 0 Å². The van der Waals surface area contributed by atoms with Crippen molar-refractivity contribution in [3.05, 3.63) is 56.7 Å². The molecule has 0 saturated carbocycles. The van der Waals surface area contributed by atoms with Crippen LogP contribution in [0.2, 0.25) is 0 Å². The highest BCUT2D eigenvalue weighted by atomic mass is 32.1. The van der Waals surface area contributed by atoms with Crippen LogP contribution in [-0.2, 0) is 13.0 Å². The van der Waals surface area contributed by atoms with Crippen molar-refractivity contribution in [2.45, 2.75) is 19.9 Å². The van der Waals surface area contributed by atoms with E-state index in [0.29, 0.717) is 24.6 Å². The summed E-state index contributed by atoms with van der Waals surface area (Å²) in [5, 5.41) is 5.26. The molecule has 0 radical (unpaired) electrons. The lowest BCUT2D eigenvalue weighted by Gasteiger charge is -2.25. The average molecular weight is 385 g/mol. The third-order valence-corrected chi connectivity index (χ3v) is 6.01. The van der Waals surface area contributed by atoms with E-state index in [1.807, 2.05) is 23.3 Å². The molecule has 3 aromatic heterocycles. The first-order valence-electron chi connectivity index (χ1n) is 8.00. The van der Waals surface area contributed by atoms with Crippen molar-refractivity contribution in [1.29, 1.82) is 0 Å². The molecule has 0 saturated heterocycles. The molecule has 1 aliphatic heterocycles. The Kier molecular flexibility index (Phi) is 4.48. The minimum absolute atomic E-state index is 0.0484. The van der Waals surface area contributed by atoms with Crippen LogP contribution in [0.4, 0.5) is 5.13 Å². The number of hydrogen-bond donors (Lipinski definition) is 1. The molecule has 2 amide bonds. The Morgan fingerprint density at radius 3 is 2.92 bits per heavy atom. The summed E-state index contributed by atoms with van der Waals surface area (Å²) in [4.78, 5) is 40.8. The van der Waals surface area contributed by atoms with E-state index in [-0.39, 0.29) is 17.5 Å². The molecule has 1 N–H and O–H groups in total. The summed E-state index contributed by atoms with van der Waals surface area (Å²) < 4.78 is 0. The van der Waals surface area contributed by atoms with Crippen molar-refractivity contribution in [1.82, 2.24) is 19.9 Å². The summed E-state index contributed by atoms with van der Waals surface area (Å²) >= 11 is 2.87. The van der Waals surface area contributed by atoms with Gasteiger partial charge in [-0.2, -0.15) is 0 Å². The second-order valence-corrected chi connectivity index (χ2v) is 7.89. The number of carbonyl (C=O) groups is 2. The van der Waals surface area contributed by atoms with Crippen LogP contribution in [0.1, 0.15) is 36.3 Å². The normalized spacial score (nSPS) is 13.3. The van der Waals surface area contributed by atoms with Crippen molar-refractivity contribution >= 4 is 39.6 Å². The van der Waals surface area contributed by atoms with Gasteiger partial charge in [-0.3, -0.25) is 19.9 Å². The Labute approximate surface area is 157 Å². The molecule has 0 unspecified atom stereocenters. The smallest absolute Gasteiger partial charge is 0.277 e. The zero-order valence-corrected chi connectivity index (χ0v) is 15.6. The number of thiazole rings is 1. The summed E-state index contributed by atoms with van der Waals surface area (Å²) in [5.74, 6) is -0.293. The highest BCUT2D eigenvalue weighted by Crippen LogP contribution is 2.30. The molecule has 0 fully saturated rings. The summed E-state index contributed by atoms with van der Waals surface area (Å²) in [6, 6.07) is 1.92. The zero-order valence-electron chi connectivity index (χ0n) is 13.9. The van der Waals surface area contributed by atoms with Gasteiger partial charge in [0.1, 0.15) is 5.69 Å². The highest BCUT2D eigenvalue weighted by Gasteiger charge is 2.26. The Hall–Kier alpha value is -2.65. The van der Waals surface area contributed by atoms with Gasteiger partial charge in [-0.25, -0.2) is 9.97 Å². The predicted molar refractivity (Wildman–Crippen MR) is 99.6 cm³/mol. The van der Waals surface area contributed by atoms with Gasteiger partial charge in [0.05, 0.1) is 23.3 Å². The predicted octanol–water partition coefficient (Wildman–Crippen LogP) is 2.75. The Morgan fingerprint density at radius 2 is 2.19 bits per heavy atom. The molecule has 3 aromatic rings. The van der Waals surface area contributed by atoms with Crippen LogP contribution in [-0.4, -0.2) is 38.2 Å². The first-order chi connectivity index (χ1) is 12.6. The van der Waals surface area contributed by atoms with Gasteiger partial charge in [0.25, 0.3) is 11.8 Å². The minimum atomic E-state index is -0.341. The van der Waals surface area contributed by atoms with E-state index in [2.05, 4.69) is 20.3 Å². The lowest BCUT2D eigenvalue weighted by molar-refractivity contribution is 0.0741. The van der Waals surface area contributed by atoms with Gasteiger partial charge in [0.15, 0.2) is 5.13 Å². The molecular weight excluding hydrogens is 370 g/mol. The number of amides is 2. The number of aryl methyl sites for hydroxylation is 1. The summed E-state index contributed by atoms with van der Waals surface area (Å²) in [6.45, 7) is 3.13. The molecule has 0 aliphatic carbocycles. The van der Waals surface area contributed by atoms with Gasteiger partial charge in [-0.15, -0.1) is 11.3 Å². The molecule has 9 heteroatoms. The molecule has 4 heterocycles. The quantitative estimate of drug-likeness (QED) is 0.749. The molecule has 0 bridgehead atoms. The fourth-order valence-electron chi connectivity index (χ4n) is 2.70. The number of fused-ring (bicyclic) bond motifs is 1. The van der Waals surface area contributed by atoms with E-state index in [1.54, 1.807) is 0 Å². The van der Waals surface area contributed by atoms with E-state index < -0.39 is 0 Å². The number of carbonyl (C=O) groups excluding carboxylic acids is 2. The topological polar surface area (TPSA) is 88.1 Å². The van der Waals surface area contributed by atoms with Crippen molar-refractivity contribution in [3.63, 3.8) is 0 Å². The summed E-state index contributed by atoms with van der Waals surface area (Å²) in [6.07, 6.45) is 5.08. The van der Waals surface area contributed by atoms with Gasteiger partial charge in [-0.1, -0.05) is 11.3 Å². The maximum atomic E-state index is 12.6. The molecular formula is C17H15N5O2S2. The Bertz CT molecular complexity index is 967. The molecule has 0 spiro atoms. The van der Waals surface area contributed by atoms with Gasteiger partial charge in [0.2, 0.25) is 0 Å². The standard InChI is InChI=1S/C17H15N5O2S2/c1-10-6-13(25-9-10)16(24)22-5-2-11-14(8-22)26-17(20-11)21-15(23)12-7-18-3-4-19-12/h3-4,6-7,9H,2,5,8H2,1H3,(H,20,21,23). The summed E-state index contributed by atoms with van der Waals surface area (Å²) in [5.41, 5.74) is 2.28. The second-order valence-electron chi connectivity index (χ2n) is 5.90. The van der Waals surface area contributed by atoms with E-state index in [0.717, 1.165) is 21.0 Å². The first-order valence-corrected chi connectivity index (χ1v) is 9.70. The van der Waals surface area contributed by atoms with Crippen LogP contribution in [0.25, 0.3) is 0 Å². The van der Waals surface area contributed by atoms with E-state index in [9.17, 15) is 9.59 Å². The van der Waals surface area contributed by atoms with Gasteiger partial charge >= 0.3 is 0 Å². The SMILES string of the molecule is Cc1csc(C(=O)N2CCc3nc(NC(=O)c4cnccn4)sc3C2)c1. The monoisotopic (exact) mass is 385 g/mol. The molecule has 132 valence electrons.